The number of hydrogen-bond donors (Lipinski definition) is 0. The molecule has 0 bridgehead atoms. The molecule has 4 heterocycles. The summed E-state index contributed by atoms with van der Waals surface area (Å²) in [5, 5.41) is 18.3. The molecule has 0 saturated heterocycles. The highest BCUT2D eigenvalue weighted by Crippen LogP contribution is 2.55. The van der Waals surface area contributed by atoms with Gasteiger partial charge in [-0.2, -0.15) is 0 Å². The van der Waals surface area contributed by atoms with Gasteiger partial charge in [-0.25, -0.2) is 0 Å². The molecule has 18 rings (SSSR count). The maximum atomic E-state index is 7.06. The largest absolute Gasteiger partial charge is 0.453 e. The maximum Gasteiger partial charge on any atom is 0.180 e. The summed E-state index contributed by atoms with van der Waals surface area (Å²) in [7, 11) is -5.74. The average molecular weight is 1160 g/mol. The molecule has 4 aliphatic rings. The molecule has 0 aliphatic carbocycles. The highest BCUT2D eigenvalue weighted by Gasteiger charge is 2.51. The summed E-state index contributed by atoms with van der Waals surface area (Å²) >= 11 is 0. The highest BCUT2D eigenvalue weighted by molar-refractivity contribution is 7.23. The number of aryl methyl sites for hydroxylation is 4. The van der Waals surface area contributed by atoms with Crippen molar-refractivity contribution in [2.24, 2.45) is 0 Å². The van der Waals surface area contributed by atoms with Crippen molar-refractivity contribution < 1.29 is 9.47 Å². The van der Waals surface area contributed by atoms with E-state index in [1.165, 1.54) is 118 Å². The van der Waals surface area contributed by atoms with Gasteiger partial charge in [0.2, 0.25) is 0 Å². The molecule has 0 radical (unpaired) electrons. The molecule has 6 heteroatoms. The van der Waals surface area contributed by atoms with Crippen LogP contribution in [-0.2, 0) is 0 Å². The van der Waals surface area contributed by atoms with Crippen LogP contribution in [0.5, 0.6) is 23.0 Å². The van der Waals surface area contributed by atoms with E-state index >= 15 is 0 Å². The van der Waals surface area contributed by atoms with Gasteiger partial charge < -0.3 is 19.3 Å². The number of hydrogen-bond acceptors (Lipinski definition) is 4. The fourth-order valence-electron chi connectivity index (χ4n) is 15.6. The fourth-order valence-corrected chi connectivity index (χ4v) is 25.9. The van der Waals surface area contributed by atoms with Crippen molar-refractivity contribution in [1.82, 2.24) is 0 Å². The third kappa shape index (κ3) is 7.12. The van der Waals surface area contributed by atoms with Gasteiger partial charge in [0.15, 0.2) is 39.1 Å². The predicted molar refractivity (Wildman–Crippen MR) is 373 cm³/mol. The minimum Gasteiger partial charge on any atom is -0.453 e. The Morgan fingerprint density at radius 3 is 0.955 bits per heavy atom. The minimum absolute atomic E-state index is 0.830. The number of anilines is 6. The molecule has 0 N–H and O–H groups in total. The first kappa shape index (κ1) is 50.8. The summed E-state index contributed by atoms with van der Waals surface area (Å²) in [6.45, 7) is 8.75. The second kappa shape index (κ2) is 19.0. The van der Waals surface area contributed by atoms with Gasteiger partial charge in [0.05, 0.1) is 22.7 Å². The number of benzene rings is 14. The zero-order valence-corrected chi connectivity index (χ0v) is 51.3. The molecule has 14 aromatic carbocycles. The van der Waals surface area contributed by atoms with Crippen LogP contribution in [0.1, 0.15) is 22.3 Å². The van der Waals surface area contributed by atoms with Gasteiger partial charge in [-0.3, -0.25) is 0 Å². The monoisotopic (exact) mass is 1160 g/mol. The first-order chi connectivity index (χ1) is 43.2. The summed E-state index contributed by atoms with van der Waals surface area (Å²) in [5.41, 5.74) is 16.3. The Morgan fingerprint density at radius 2 is 0.568 bits per heavy atom. The van der Waals surface area contributed by atoms with Gasteiger partial charge in [0, 0.05) is 11.4 Å². The van der Waals surface area contributed by atoms with E-state index in [9.17, 15) is 0 Å². The summed E-state index contributed by atoms with van der Waals surface area (Å²) in [6, 6.07) is 106. The molecule has 14 aromatic rings. The van der Waals surface area contributed by atoms with Crippen LogP contribution in [0, 0.1) is 27.7 Å². The van der Waals surface area contributed by atoms with Crippen molar-refractivity contribution >= 4 is 124 Å². The van der Waals surface area contributed by atoms with Gasteiger partial charge in [-0.15, -0.1) is 0 Å². The van der Waals surface area contributed by atoms with Crippen molar-refractivity contribution in [2.45, 2.75) is 27.7 Å². The Labute approximate surface area is 514 Å². The normalized spacial score (nSPS) is 14.2. The molecular formula is C82H58N2O2Si2. The van der Waals surface area contributed by atoms with E-state index < -0.39 is 16.1 Å². The second-order valence-corrected chi connectivity index (χ2v) is 32.1. The molecule has 0 unspecified atom stereocenters. The quantitative estimate of drug-likeness (QED) is 0.122. The standard InChI is InChI=1S/C82H58N2O2Si2/c1-51-25-35-57(36-26-51)87(58-37-27-52(2)28-38-58)79-23-13-7-17-65(79)69-47-77-73(49-81(69)87)83(71-19-9-11-21-75(71)85-77)55-33-43-63-64-44-34-56(46-68(64)62-16-6-5-15-61(62)67(63)45-55)84-72-20-10-12-22-76(72)86-78-48-70-66-18-8-14-24-80(66)88(82(70)50-74(78)84,59-39-29-53(3)30-40-59)60-41-31-54(4)32-42-60/h5-50H,1-4H3. The summed E-state index contributed by atoms with van der Waals surface area (Å²) in [6.07, 6.45) is 0. The fraction of sp³-hybridized carbons (Fsp3) is 0.0488. The molecule has 0 spiro atoms. The Morgan fingerprint density at radius 1 is 0.239 bits per heavy atom. The molecular weight excluding hydrogens is 1100 g/mol. The third-order valence-corrected chi connectivity index (χ3v) is 29.4. The van der Waals surface area contributed by atoms with E-state index in [-0.39, 0.29) is 0 Å². The van der Waals surface area contributed by atoms with E-state index in [4.69, 9.17) is 9.47 Å². The van der Waals surface area contributed by atoms with E-state index in [1.807, 2.05) is 0 Å². The SMILES string of the molecule is Cc1ccc([Si]2(c3ccc(C)cc3)c3ccccc3-c3cc4c(cc32)N(c2ccc3c5ccc(N6c7ccccc7Oc7cc8c(cc76)[Si](c6ccc(C)cc6)(c6ccc(C)cc6)c6ccccc6-8)cc5c5ccccc5c3c2)c2ccccc2O4)cc1. The van der Waals surface area contributed by atoms with E-state index in [0.29, 0.717) is 0 Å². The van der Waals surface area contributed by atoms with Crippen LogP contribution in [-0.4, -0.2) is 16.1 Å². The van der Waals surface area contributed by atoms with Crippen LogP contribution in [0.25, 0.3) is 54.6 Å². The molecule has 4 aliphatic heterocycles. The first-order valence-electron chi connectivity index (χ1n) is 30.6. The zero-order valence-electron chi connectivity index (χ0n) is 49.3. The molecule has 0 saturated carbocycles. The van der Waals surface area contributed by atoms with Gasteiger partial charge in [0.1, 0.15) is 0 Å². The Kier molecular flexibility index (Phi) is 11.0. The van der Waals surface area contributed by atoms with Crippen LogP contribution in [0.3, 0.4) is 0 Å². The summed E-state index contributed by atoms with van der Waals surface area (Å²) < 4.78 is 14.1. The Hall–Kier alpha value is -10.5. The van der Waals surface area contributed by atoms with E-state index in [0.717, 1.165) is 57.1 Å². The van der Waals surface area contributed by atoms with Gasteiger partial charge in [0.25, 0.3) is 0 Å². The number of ether oxygens (including phenoxy) is 2. The topological polar surface area (TPSA) is 24.9 Å². The Balaban J connectivity index is 0.824. The van der Waals surface area contributed by atoms with Crippen LogP contribution < -0.4 is 60.8 Å². The first-order valence-corrected chi connectivity index (χ1v) is 34.6. The minimum atomic E-state index is -2.87. The molecule has 0 aromatic heterocycles. The number of nitrogens with zero attached hydrogens (tertiary/aromatic N) is 2. The van der Waals surface area contributed by atoms with Crippen molar-refractivity contribution in [2.75, 3.05) is 9.80 Å². The lowest BCUT2D eigenvalue weighted by Crippen LogP contribution is -2.72. The predicted octanol–water partition coefficient (Wildman–Crippen LogP) is 16.2. The molecule has 4 nitrogen and oxygen atoms in total. The average Bonchev–Trinajstić information content (AvgIpc) is 1.51. The van der Waals surface area contributed by atoms with Crippen molar-refractivity contribution in [3.05, 3.63) is 301 Å². The summed E-state index contributed by atoms with van der Waals surface area (Å²) in [5.74, 6) is 3.36. The molecule has 88 heavy (non-hydrogen) atoms. The number of para-hydroxylation sites is 4. The molecule has 0 fully saturated rings. The van der Waals surface area contributed by atoms with E-state index in [2.05, 4.69) is 317 Å². The number of fused-ring (bicyclic) bond motifs is 16. The lowest BCUT2D eigenvalue weighted by molar-refractivity contribution is 0.477. The van der Waals surface area contributed by atoms with E-state index in [1.54, 1.807) is 0 Å². The molecule has 0 amide bonds. The van der Waals surface area contributed by atoms with Gasteiger partial charge in [-0.1, -0.05) is 229 Å². The lowest BCUT2D eigenvalue weighted by Gasteiger charge is -2.36. The third-order valence-electron chi connectivity index (χ3n) is 19.6. The van der Waals surface area contributed by atoms with Crippen LogP contribution in [0.4, 0.5) is 34.1 Å². The van der Waals surface area contributed by atoms with Crippen molar-refractivity contribution in [3.63, 3.8) is 0 Å². The van der Waals surface area contributed by atoms with Crippen LogP contribution >= 0.6 is 0 Å². The second-order valence-electron chi connectivity index (χ2n) is 24.6. The van der Waals surface area contributed by atoms with Gasteiger partial charge >= 0.3 is 0 Å². The van der Waals surface area contributed by atoms with Crippen molar-refractivity contribution in [1.29, 1.82) is 0 Å². The molecule has 416 valence electrons. The van der Waals surface area contributed by atoms with Crippen LogP contribution in [0.2, 0.25) is 0 Å². The lowest BCUT2D eigenvalue weighted by atomic mass is 9.93. The molecule has 0 atom stereocenters. The highest BCUT2D eigenvalue weighted by atomic mass is 28.3. The Bertz CT molecular complexity index is 4830. The smallest absolute Gasteiger partial charge is 0.180 e. The van der Waals surface area contributed by atoms with Gasteiger partial charge in [-0.05, 0) is 197 Å². The maximum absolute atomic E-state index is 7.06. The number of rotatable bonds is 6. The summed E-state index contributed by atoms with van der Waals surface area (Å²) in [4.78, 5) is 4.92. The zero-order chi connectivity index (χ0) is 58.6. The van der Waals surface area contributed by atoms with Crippen LogP contribution in [0.15, 0.2) is 279 Å². The van der Waals surface area contributed by atoms with Crippen molar-refractivity contribution in [3.8, 4) is 45.3 Å².